The number of carbonyl (C=O) groups is 2. The van der Waals surface area contributed by atoms with E-state index in [1.165, 1.54) is 0 Å². The average Bonchev–Trinajstić information content (AvgIpc) is 3.06. The van der Waals surface area contributed by atoms with Crippen LogP contribution in [0.15, 0.2) is 36.4 Å². The summed E-state index contributed by atoms with van der Waals surface area (Å²) in [7, 11) is 0. The van der Waals surface area contributed by atoms with E-state index in [1.807, 2.05) is 32.0 Å². The molecule has 0 bridgehead atoms. The smallest absolute Gasteiger partial charge is 0.325 e. The first-order chi connectivity index (χ1) is 16.9. The Morgan fingerprint density at radius 3 is 2.37 bits per heavy atom. The fourth-order valence-electron chi connectivity index (χ4n) is 3.78. The molecule has 1 atom stereocenters. The quantitative estimate of drug-likeness (QED) is 0.461. The van der Waals surface area contributed by atoms with Gasteiger partial charge in [-0.2, -0.15) is 0 Å². The van der Waals surface area contributed by atoms with E-state index in [4.69, 9.17) is 18.9 Å². The number of nitrogens with one attached hydrogen (secondary N) is 3. The van der Waals surface area contributed by atoms with Crippen LogP contribution in [0, 0.1) is 5.92 Å². The van der Waals surface area contributed by atoms with Crippen LogP contribution in [0.1, 0.15) is 45.7 Å². The molecule has 9 heteroatoms. The number of hydrogen-bond donors (Lipinski definition) is 3. The predicted molar refractivity (Wildman–Crippen MR) is 134 cm³/mol. The standard InChI is InChI=1S/C26H35N3O6/c1-5-32-20-10-8-18(14-22(20)33-6-2)25(17(3)4)27-16-24(30)29-26(31)28-19-9-11-21-23(15-19)35-13-7-12-34-21/h8-11,14-15,17,25,27H,5-7,12-13,16H2,1-4H3,(H2,28,29,30,31). The molecule has 0 saturated carbocycles. The molecule has 0 saturated heterocycles. The van der Waals surface area contributed by atoms with Gasteiger partial charge in [0, 0.05) is 24.2 Å². The van der Waals surface area contributed by atoms with E-state index in [-0.39, 0.29) is 18.5 Å². The molecular weight excluding hydrogens is 450 g/mol. The number of hydrogen-bond acceptors (Lipinski definition) is 7. The van der Waals surface area contributed by atoms with Crippen molar-refractivity contribution in [2.75, 3.05) is 38.3 Å². The van der Waals surface area contributed by atoms with E-state index in [2.05, 4.69) is 29.8 Å². The molecule has 9 nitrogen and oxygen atoms in total. The highest BCUT2D eigenvalue weighted by Crippen LogP contribution is 2.33. The lowest BCUT2D eigenvalue weighted by molar-refractivity contribution is -0.119. The number of imide groups is 1. The van der Waals surface area contributed by atoms with Crippen LogP contribution in [-0.2, 0) is 4.79 Å². The lowest BCUT2D eigenvalue weighted by Gasteiger charge is -2.24. The summed E-state index contributed by atoms with van der Waals surface area (Å²) in [6, 6.07) is 10.1. The molecule has 0 aliphatic carbocycles. The molecule has 35 heavy (non-hydrogen) atoms. The maximum Gasteiger partial charge on any atom is 0.325 e. The molecule has 1 heterocycles. The summed E-state index contributed by atoms with van der Waals surface area (Å²) in [4.78, 5) is 24.8. The van der Waals surface area contributed by atoms with Crippen LogP contribution < -0.4 is 34.9 Å². The highest BCUT2D eigenvalue weighted by molar-refractivity contribution is 6.01. The first kappa shape index (κ1) is 26.2. The highest BCUT2D eigenvalue weighted by Gasteiger charge is 2.20. The van der Waals surface area contributed by atoms with E-state index in [0.717, 1.165) is 12.0 Å². The lowest BCUT2D eigenvalue weighted by Crippen LogP contribution is -2.41. The SMILES string of the molecule is CCOc1ccc(C(NCC(=O)NC(=O)Nc2ccc3c(c2)OCCCO3)C(C)C)cc1OCC. The normalized spacial score (nSPS) is 13.5. The van der Waals surface area contributed by atoms with E-state index in [0.29, 0.717) is 55.1 Å². The number of ether oxygens (including phenoxy) is 4. The Labute approximate surface area is 206 Å². The number of rotatable bonds is 10. The van der Waals surface area contributed by atoms with Crippen molar-refractivity contribution in [3.8, 4) is 23.0 Å². The Balaban J connectivity index is 1.57. The summed E-state index contributed by atoms with van der Waals surface area (Å²) in [5, 5.41) is 8.26. The summed E-state index contributed by atoms with van der Waals surface area (Å²) >= 11 is 0. The van der Waals surface area contributed by atoms with E-state index >= 15 is 0 Å². The van der Waals surface area contributed by atoms with Gasteiger partial charge in [0.15, 0.2) is 23.0 Å². The van der Waals surface area contributed by atoms with Crippen LogP contribution in [0.5, 0.6) is 23.0 Å². The minimum atomic E-state index is -0.618. The van der Waals surface area contributed by atoms with Gasteiger partial charge in [-0.1, -0.05) is 19.9 Å². The third kappa shape index (κ3) is 7.51. The number of carbonyl (C=O) groups excluding carboxylic acids is 2. The van der Waals surface area contributed by atoms with Gasteiger partial charge in [-0.25, -0.2) is 4.79 Å². The van der Waals surface area contributed by atoms with Crippen LogP contribution in [-0.4, -0.2) is 44.9 Å². The molecule has 0 fully saturated rings. The minimum absolute atomic E-state index is 0.0331. The molecule has 0 spiro atoms. The Morgan fingerprint density at radius 2 is 1.66 bits per heavy atom. The molecule has 3 amide bonds. The summed E-state index contributed by atoms with van der Waals surface area (Å²) in [6.45, 7) is 10.1. The first-order valence-electron chi connectivity index (χ1n) is 12.0. The molecule has 2 aromatic rings. The number of fused-ring (bicyclic) bond motifs is 1. The first-order valence-corrected chi connectivity index (χ1v) is 12.0. The van der Waals surface area contributed by atoms with E-state index in [9.17, 15) is 9.59 Å². The largest absolute Gasteiger partial charge is 0.490 e. The molecule has 2 aromatic carbocycles. The van der Waals surface area contributed by atoms with Gasteiger partial charge in [0.1, 0.15) is 0 Å². The summed E-state index contributed by atoms with van der Waals surface area (Å²) in [5.74, 6) is 2.29. The van der Waals surface area contributed by atoms with Crippen molar-refractivity contribution in [3.05, 3.63) is 42.0 Å². The highest BCUT2D eigenvalue weighted by atomic mass is 16.5. The molecule has 1 aliphatic rings. The monoisotopic (exact) mass is 485 g/mol. The van der Waals surface area contributed by atoms with Crippen LogP contribution in [0.25, 0.3) is 0 Å². The van der Waals surface area contributed by atoms with Crippen molar-refractivity contribution < 1.29 is 28.5 Å². The fourth-order valence-corrected chi connectivity index (χ4v) is 3.78. The van der Waals surface area contributed by atoms with E-state index in [1.54, 1.807) is 18.2 Å². The topological polar surface area (TPSA) is 107 Å². The molecule has 0 radical (unpaired) electrons. The van der Waals surface area contributed by atoms with Crippen molar-refractivity contribution in [3.63, 3.8) is 0 Å². The van der Waals surface area contributed by atoms with Gasteiger partial charge in [-0.15, -0.1) is 0 Å². The van der Waals surface area contributed by atoms with Gasteiger partial charge >= 0.3 is 6.03 Å². The lowest BCUT2D eigenvalue weighted by atomic mass is 9.95. The molecule has 3 N–H and O–H groups in total. The third-order valence-corrected chi connectivity index (χ3v) is 5.33. The van der Waals surface area contributed by atoms with Crippen LogP contribution in [0.4, 0.5) is 10.5 Å². The zero-order valence-electron chi connectivity index (χ0n) is 20.8. The van der Waals surface area contributed by atoms with Gasteiger partial charge in [0.25, 0.3) is 0 Å². The maximum absolute atomic E-state index is 12.5. The van der Waals surface area contributed by atoms with Gasteiger partial charge in [-0.05, 0) is 49.6 Å². The molecule has 0 aromatic heterocycles. The summed E-state index contributed by atoms with van der Waals surface area (Å²) < 4.78 is 22.6. The molecule has 1 unspecified atom stereocenters. The molecule has 1 aliphatic heterocycles. The van der Waals surface area contributed by atoms with Crippen LogP contribution in [0.2, 0.25) is 0 Å². The van der Waals surface area contributed by atoms with Gasteiger partial charge in [-0.3, -0.25) is 10.1 Å². The number of urea groups is 1. The molecular formula is C26H35N3O6. The third-order valence-electron chi connectivity index (χ3n) is 5.33. The maximum atomic E-state index is 12.5. The summed E-state index contributed by atoms with van der Waals surface area (Å²) in [5.41, 5.74) is 1.47. The van der Waals surface area contributed by atoms with Gasteiger partial charge < -0.3 is 29.6 Å². The number of benzene rings is 2. The van der Waals surface area contributed by atoms with Crippen molar-refractivity contribution in [2.45, 2.75) is 40.2 Å². The van der Waals surface area contributed by atoms with E-state index < -0.39 is 11.9 Å². The molecule has 3 rings (SSSR count). The Kier molecular flexibility index (Phi) is 9.60. The fraction of sp³-hybridized carbons (Fsp3) is 0.462. The second-order valence-corrected chi connectivity index (χ2v) is 8.39. The van der Waals surface area contributed by atoms with Crippen LogP contribution >= 0.6 is 0 Å². The van der Waals surface area contributed by atoms with Crippen molar-refractivity contribution in [1.29, 1.82) is 0 Å². The zero-order chi connectivity index (χ0) is 25.2. The van der Waals surface area contributed by atoms with Crippen molar-refractivity contribution in [2.24, 2.45) is 5.92 Å². The number of amides is 3. The predicted octanol–water partition coefficient (Wildman–Crippen LogP) is 4.28. The Bertz CT molecular complexity index is 1010. The molecule has 190 valence electrons. The van der Waals surface area contributed by atoms with Gasteiger partial charge in [0.05, 0.1) is 33.0 Å². The Morgan fingerprint density at radius 1 is 0.943 bits per heavy atom. The Hall–Kier alpha value is -3.46. The summed E-state index contributed by atoms with van der Waals surface area (Å²) in [6.07, 6.45) is 0.792. The van der Waals surface area contributed by atoms with Crippen molar-refractivity contribution >= 4 is 17.6 Å². The van der Waals surface area contributed by atoms with Crippen LogP contribution in [0.3, 0.4) is 0 Å². The second-order valence-electron chi connectivity index (χ2n) is 8.39. The zero-order valence-corrected chi connectivity index (χ0v) is 20.8. The van der Waals surface area contributed by atoms with Gasteiger partial charge in [0.2, 0.25) is 5.91 Å². The number of anilines is 1. The van der Waals surface area contributed by atoms with Crippen molar-refractivity contribution in [1.82, 2.24) is 10.6 Å². The second kappa shape index (κ2) is 12.9. The average molecular weight is 486 g/mol. The minimum Gasteiger partial charge on any atom is -0.490 e.